The van der Waals surface area contributed by atoms with E-state index in [1.807, 2.05) is 0 Å². The summed E-state index contributed by atoms with van der Waals surface area (Å²) >= 11 is 5.91. The number of methoxy groups -OCH3 is 2. The molecule has 0 saturated carbocycles. The number of benzene rings is 2. The van der Waals surface area contributed by atoms with Crippen LogP contribution in [0.3, 0.4) is 0 Å². The van der Waals surface area contributed by atoms with Crippen molar-refractivity contribution in [3.63, 3.8) is 0 Å². The fraction of sp³-hybridized carbons (Fsp3) is 0.133. The molecule has 0 aromatic heterocycles. The van der Waals surface area contributed by atoms with Crippen LogP contribution >= 0.6 is 11.6 Å². The summed E-state index contributed by atoms with van der Waals surface area (Å²) in [7, 11) is 2.91. The van der Waals surface area contributed by atoms with Crippen molar-refractivity contribution in [2.45, 2.75) is 0 Å². The predicted octanol–water partition coefficient (Wildman–Crippen LogP) is 3.73. The summed E-state index contributed by atoms with van der Waals surface area (Å²) in [6, 6.07) is 8.82. The van der Waals surface area contributed by atoms with E-state index >= 15 is 0 Å². The molecule has 0 N–H and O–H groups in total. The Kier molecular flexibility index (Phi) is 4.25. The van der Waals surface area contributed by atoms with E-state index in [4.69, 9.17) is 21.1 Å². The molecule has 0 spiro atoms. The van der Waals surface area contributed by atoms with Crippen molar-refractivity contribution >= 4 is 17.4 Å². The summed E-state index contributed by atoms with van der Waals surface area (Å²) in [6.07, 6.45) is 0. The molecule has 0 fully saturated rings. The van der Waals surface area contributed by atoms with Gasteiger partial charge in [0.1, 0.15) is 17.3 Å². The zero-order valence-electron chi connectivity index (χ0n) is 10.9. The third-order valence-corrected chi connectivity index (χ3v) is 3.16. The van der Waals surface area contributed by atoms with E-state index in [1.165, 1.54) is 38.5 Å². The van der Waals surface area contributed by atoms with Crippen LogP contribution in [0.25, 0.3) is 0 Å². The lowest BCUT2D eigenvalue weighted by Crippen LogP contribution is -2.07. The number of ketones is 1. The summed E-state index contributed by atoms with van der Waals surface area (Å²) in [5.74, 6) is -0.423. The summed E-state index contributed by atoms with van der Waals surface area (Å²) in [4.78, 5) is 12.5. The van der Waals surface area contributed by atoms with Gasteiger partial charge in [-0.1, -0.05) is 17.7 Å². The number of hydrogen-bond donors (Lipinski definition) is 0. The van der Waals surface area contributed by atoms with Crippen molar-refractivity contribution in [2.75, 3.05) is 14.2 Å². The molecule has 3 nitrogen and oxygen atoms in total. The molecule has 0 aliphatic rings. The first-order chi connectivity index (χ1) is 9.58. The Labute approximate surface area is 120 Å². The van der Waals surface area contributed by atoms with Crippen LogP contribution in [0.4, 0.5) is 4.39 Å². The van der Waals surface area contributed by atoms with Crippen molar-refractivity contribution in [3.05, 3.63) is 58.4 Å². The topological polar surface area (TPSA) is 35.5 Å². The molecule has 0 aliphatic carbocycles. The molecule has 2 rings (SSSR count). The Morgan fingerprint density at radius 2 is 1.90 bits per heavy atom. The highest BCUT2D eigenvalue weighted by atomic mass is 35.5. The third kappa shape index (κ3) is 2.60. The molecule has 0 atom stereocenters. The van der Waals surface area contributed by atoms with Crippen molar-refractivity contribution in [3.8, 4) is 11.5 Å². The molecule has 5 heteroatoms. The SMILES string of the molecule is COc1ccc(OC)c(C(=O)c2c(F)cccc2Cl)c1. The first-order valence-corrected chi connectivity index (χ1v) is 6.17. The molecule has 0 amide bonds. The molecule has 0 saturated heterocycles. The van der Waals surface area contributed by atoms with Gasteiger partial charge >= 0.3 is 0 Å². The van der Waals surface area contributed by atoms with Gasteiger partial charge in [0.2, 0.25) is 5.78 Å². The van der Waals surface area contributed by atoms with Gasteiger partial charge in [-0.3, -0.25) is 4.79 Å². The van der Waals surface area contributed by atoms with Crippen LogP contribution in [-0.2, 0) is 0 Å². The van der Waals surface area contributed by atoms with E-state index in [1.54, 1.807) is 12.1 Å². The Morgan fingerprint density at radius 3 is 2.50 bits per heavy atom. The first-order valence-electron chi connectivity index (χ1n) is 5.79. The molecule has 0 unspecified atom stereocenters. The second-order valence-corrected chi connectivity index (χ2v) is 4.40. The highest BCUT2D eigenvalue weighted by Gasteiger charge is 2.21. The number of ether oxygens (including phenoxy) is 2. The Balaban J connectivity index is 2.58. The fourth-order valence-corrected chi connectivity index (χ4v) is 2.09. The number of rotatable bonds is 4. The maximum absolute atomic E-state index is 13.8. The second-order valence-electron chi connectivity index (χ2n) is 3.99. The van der Waals surface area contributed by atoms with Gasteiger partial charge in [-0.15, -0.1) is 0 Å². The van der Waals surface area contributed by atoms with Crippen LogP contribution in [0.2, 0.25) is 5.02 Å². The standard InChI is InChI=1S/C15H12ClFO3/c1-19-9-6-7-13(20-2)10(8-9)15(18)14-11(16)4-3-5-12(14)17/h3-8H,1-2H3. The molecule has 2 aromatic rings. The monoisotopic (exact) mass is 294 g/mol. The summed E-state index contributed by atoms with van der Waals surface area (Å²) in [6.45, 7) is 0. The van der Waals surface area contributed by atoms with Crippen molar-refractivity contribution in [1.82, 2.24) is 0 Å². The van der Waals surface area contributed by atoms with Crippen molar-refractivity contribution in [2.24, 2.45) is 0 Å². The third-order valence-electron chi connectivity index (χ3n) is 2.84. The normalized spacial score (nSPS) is 10.2. The summed E-state index contributed by atoms with van der Waals surface area (Å²) in [5.41, 5.74) is 0.0135. The van der Waals surface area contributed by atoms with Crippen LogP contribution in [0, 0.1) is 5.82 Å². The Hall–Kier alpha value is -2.07. The van der Waals surface area contributed by atoms with Gasteiger partial charge in [-0.05, 0) is 30.3 Å². The minimum absolute atomic E-state index is 0.0554. The molecule has 104 valence electrons. The molecule has 0 bridgehead atoms. The van der Waals surface area contributed by atoms with Crippen LogP contribution in [0.15, 0.2) is 36.4 Å². The highest BCUT2D eigenvalue weighted by Crippen LogP contribution is 2.29. The minimum atomic E-state index is -0.674. The van der Waals surface area contributed by atoms with E-state index in [0.717, 1.165) is 0 Å². The van der Waals surface area contributed by atoms with E-state index < -0.39 is 11.6 Å². The zero-order valence-corrected chi connectivity index (χ0v) is 11.7. The van der Waals surface area contributed by atoms with Crippen LogP contribution in [0.1, 0.15) is 15.9 Å². The molecular formula is C15H12ClFO3. The average Bonchev–Trinajstić information content (AvgIpc) is 2.46. The molecule has 0 radical (unpaired) electrons. The fourth-order valence-electron chi connectivity index (χ4n) is 1.84. The molecule has 20 heavy (non-hydrogen) atoms. The maximum atomic E-state index is 13.8. The van der Waals surface area contributed by atoms with Gasteiger partial charge in [0.25, 0.3) is 0 Å². The van der Waals surface area contributed by atoms with Gasteiger partial charge in [-0.25, -0.2) is 4.39 Å². The quantitative estimate of drug-likeness (QED) is 0.806. The van der Waals surface area contributed by atoms with Crippen LogP contribution in [-0.4, -0.2) is 20.0 Å². The van der Waals surface area contributed by atoms with Crippen molar-refractivity contribution < 1.29 is 18.7 Å². The number of halogens is 2. The molecule has 0 heterocycles. The lowest BCUT2D eigenvalue weighted by Gasteiger charge is -2.11. The molecular weight excluding hydrogens is 283 g/mol. The average molecular weight is 295 g/mol. The van der Waals surface area contributed by atoms with Crippen LogP contribution < -0.4 is 9.47 Å². The van der Waals surface area contributed by atoms with Gasteiger partial charge in [-0.2, -0.15) is 0 Å². The predicted molar refractivity (Wildman–Crippen MR) is 74.4 cm³/mol. The Bertz CT molecular complexity index is 635. The van der Waals surface area contributed by atoms with E-state index in [9.17, 15) is 9.18 Å². The molecule has 0 aliphatic heterocycles. The lowest BCUT2D eigenvalue weighted by atomic mass is 10.0. The van der Waals surface area contributed by atoms with Gasteiger partial charge in [0.05, 0.1) is 30.4 Å². The number of hydrogen-bond acceptors (Lipinski definition) is 3. The number of carbonyl (C=O) groups excluding carboxylic acids is 1. The second kappa shape index (κ2) is 5.92. The van der Waals surface area contributed by atoms with E-state index in [-0.39, 0.29) is 16.1 Å². The first kappa shape index (κ1) is 14.3. The zero-order chi connectivity index (χ0) is 14.7. The largest absolute Gasteiger partial charge is 0.497 e. The maximum Gasteiger partial charge on any atom is 0.201 e. The summed E-state index contributed by atoms with van der Waals surface area (Å²) in [5, 5.41) is 0.0554. The number of carbonyl (C=O) groups is 1. The van der Waals surface area contributed by atoms with E-state index in [2.05, 4.69) is 0 Å². The van der Waals surface area contributed by atoms with Gasteiger partial charge in [0.15, 0.2) is 0 Å². The molecule has 2 aromatic carbocycles. The smallest absolute Gasteiger partial charge is 0.201 e. The Morgan fingerprint density at radius 1 is 1.15 bits per heavy atom. The van der Waals surface area contributed by atoms with Gasteiger partial charge in [0, 0.05) is 0 Å². The highest BCUT2D eigenvalue weighted by molar-refractivity contribution is 6.35. The summed E-state index contributed by atoms with van der Waals surface area (Å²) < 4.78 is 24.0. The van der Waals surface area contributed by atoms with E-state index in [0.29, 0.717) is 11.5 Å². The van der Waals surface area contributed by atoms with Crippen molar-refractivity contribution in [1.29, 1.82) is 0 Å². The van der Waals surface area contributed by atoms with Gasteiger partial charge < -0.3 is 9.47 Å². The minimum Gasteiger partial charge on any atom is -0.497 e. The van der Waals surface area contributed by atoms with Crippen LogP contribution in [0.5, 0.6) is 11.5 Å². The lowest BCUT2D eigenvalue weighted by molar-refractivity contribution is 0.103.